The van der Waals surface area contributed by atoms with Crippen molar-refractivity contribution in [2.75, 3.05) is 31.4 Å². The van der Waals surface area contributed by atoms with Gasteiger partial charge in [-0.3, -0.25) is 5.32 Å². The van der Waals surface area contributed by atoms with Crippen LogP contribution in [-0.2, 0) is 9.47 Å². The van der Waals surface area contributed by atoms with Crippen LogP contribution in [0.15, 0.2) is 12.1 Å². The lowest BCUT2D eigenvalue weighted by Crippen LogP contribution is -2.28. The summed E-state index contributed by atoms with van der Waals surface area (Å²) in [5, 5.41) is 2.51. The molecule has 7 heteroatoms. The molecule has 116 valence electrons. The van der Waals surface area contributed by atoms with Gasteiger partial charge in [-0.2, -0.15) is 0 Å². The number of carbonyl (C=O) groups excluding carboxylic acids is 2. The van der Waals surface area contributed by atoms with Gasteiger partial charge in [-0.05, 0) is 32.9 Å². The fraction of sp³-hybridized carbons (Fsp3) is 0.500. The van der Waals surface area contributed by atoms with E-state index in [-0.39, 0.29) is 11.4 Å². The van der Waals surface area contributed by atoms with E-state index in [1.54, 1.807) is 51.9 Å². The molecule has 0 aliphatic heterocycles. The van der Waals surface area contributed by atoms with Crippen LogP contribution in [0.4, 0.5) is 16.3 Å². The van der Waals surface area contributed by atoms with E-state index in [0.717, 1.165) is 0 Å². The minimum absolute atomic E-state index is 0.0227. The Labute approximate surface area is 124 Å². The van der Waals surface area contributed by atoms with Gasteiger partial charge < -0.3 is 14.4 Å². The maximum absolute atomic E-state index is 11.8. The summed E-state index contributed by atoms with van der Waals surface area (Å²) in [6.45, 7) is 5.25. The maximum Gasteiger partial charge on any atom is 0.412 e. The van der Waals surface area contributed by atoms with Crippen LogP contribution < -0.4 is 10.2 Å². The summed E-state index contributed by atoms with van der Waals surface area (Å²) >= 11 is 0. The number of pyridine rings is 1. The molecule has 21 heavy (non-hydrogen) atoms. The number of anilines is 2. The monoisotopic (exact) mass is 295 g/mol. The van der Waals surface area contributed by atoms with Gasteiger partial charge in [-0.1, -0.05) is 0 Å². The van der Waals surface area contributed by atoms with Gasteiger partial charge in [0.05, 0.1) is 12.8 Å². The number of rotatable bonds is 3. The van der Waals surface area contributed by atoms with Gasteiger partial charge in [0.25, 0.3) is 0 Å². The lowest BCUT2D eigenvalue weighted by Gasteiger charge is -2.20. The fourth-order valence-electron chi connectivity index (χ4n) is 1.46. The number of hydrogen-bond acceptors (Lipinski definition) is 6. The highest BCUT2D eigenvalue weighted by Gasteiger charge is 2.21. The van der Waals surface area contributed by atoms with E-state index in [1.807, 2.05) is 0 Å². The molecule has 0 aromatic carbocycles. The highest BCUT2D eigenvalue weighted by molar-refractivity contribution is 5.98. The normalized spacial score (nSPS) is 10.8. The number of carbonyl (C=O) groups is 2. The molecule has 0 unspecified atom stereocenters. The number of amides is 1. The van der Waals surface area contributed by atoms with Crippen molar-refractivity contribution in [3.05, 3.63) is 17.8 Å². The first-order chi connectivity index (χ1) is 9.64. The van der Waals surface area contributed by atoms with Gasteiger partial charge in [-0.15, -0.1) is 0 Å². The number of aromatic nitrogens is 1. The van der Waals surface area contributed by atoms with Gasteiger partial charge in [0.2, 0.25) is 0 Å². The molecule has 0 atom stereocenters. The quantitative estimate of drug-likeness (QED) is 0.862. The summed E-state index contributed by atoms with van der Waals surface area (Å²) < 4.78 is 9.83. The molecule has 1 amide bonds. The Balaban J connectivity index is 3.06. The molecular formula is C14H21N3O4. The van der Waals surface area contributed by atoms with Crippen LogP contribution in [0, 0.1) is 0 Å². The van der Waals surface area contributed by atoms with E-state index in [1.165, 1.54) is 7.11 Å². The second-order valence-corrected chi connectivity index (χ2v) is 5.58. The number of ether oxygens (including phenoxy) is 2. The highest BCUT2D eigenvalue weighted by Crippen LogP contribution is 2.20. The lowest BCUT2D eigenvalue weighted by molar-refractivity contribution is 0.0595. The molecule has 1 heterocycles. The molecule has 1 aromatic rings. The van der Waals surface area contributed by atoms with E-state index in [2.05, 4.69) is 15.0 Å². The van der Waals surface area contributed by atoms with Crippen LogP contribution in [-0.4, -0.2) is 43.9 Å². The number of methoxy groups -OCH3 is 1. The van der Waals surface area contributed by atoms with Crippen molar-refractivity contribution < 1.29 is 19.1 Å². The first-order valence-corrected chi connectivity index (χ1v) is 6.40. The Morgan fingerprint density at radius 2 is 1.86 bits per heavy atom. The first-order valence-electron chi connectivity index (χ1n) is 6.40. The first kappa shape index (κ1) is 16.7. The topological polar surface area (TPSA) is 80.8 Å². The molecule has 7 nitrogen and oxygen atoms in total. The van der Waals surface area contributed by atoms with E-state index in [9.17, 15) is 9.59 Å². The summed E-state index contributed by atoms with van der Waals surface area (Å²) in [4.78, 5) is 29.5. The minimum Gasteiger partial charge on any atom is -0.464 e. The van der Waals surface area contributed by atoms with E-state index in [0.29, 0.717) is 5.82 Å². The molecule has 1 N–H and O–H groups in total. The van der Waals surface area contributed by atoms with Gasteiger partial charge in [0.15, 0.2) is 5.69 Å². The molecule has 1 aromatic heterocycles. The largest absolute Gasteiger partial charge is 0.464 e. The second-order valence-electron chi connectivity index (χ2n) is 5.58. The molecule has 0 saturated carbocycles. The number of nitrogens with zero attached hydrogens (tertiary/aromatic N) is 2. The zero-order chi connectivity index (χ0) is 16.2. The maximum atomic E-state index is 11.8. The van der Waals surface area contributed by atoms with Crippen molar-refractivity contribution in [3.8, 4) is 0 Å². The number of hydrogen-bond donors (Lipinski definition) is 1. The SMILES string of the molecule is COC(=O)c1nc(N(C)C)ccc1NC(=O)OC(C)(C)C. The summed E-state index contributed by atoms with van der Waals surface area (Å²) in [5.74, 6) is -0.0603. The standard InChI is InChI=1S/C14H21N3O4/c1-14(2,3)21-13(19)15-9-7-8-10(17(4)5)16-11(9)12(18)20-6/h7-8H,1-6H3,(H,15,19). The van der Waals surface area contributed by atoms with Crippen molar-refractivity contribution in [2.45, 2.75) is 26.4 Å². The Hall–Kier alpha value is -2.31. The Bertz CT molecular complexity index is 536. The average molecular weight is 295 g/mol. The summed E-state index contributed by atoms with van der Waals surface area (Å²) in [5.41, 5.74) is -0.372. The predicted octanol–water partition coefficient (Wildman–Crippen LogP) is 2.28. The van der Waals surface area contributed by atoms with Gasteiger partial charge >= 0.3 is 12.1 Å². The van der Waals surface area contributed by atoms with E-state index < -0.39 is 17.7 Å². The van der Waals surface area contributed by atoms with Crippen LogP contribution >= 0.6 is 0 Å². The third-order valence-electron chi connectivity index (χ3n) is 2.35. The second kappa shape index (κ2) is 6.43. The molecule has 0 radical (unpaired) electrons. The van der Waals surface area contributed by atoms with Crippen molar-refractivity contribution in [1.82, 2.24) is 4.98 Å². The molecule has 0 aliphatic rings. The van der Waals surface area contributed by atoms with Crippen LogP contribution in [0.1, 0.15) is 31.3 Å². The molecule has 0 fully saturated rings. The Morgan fingerprint density at radius 3 is 2.33 bits per heavy atom. The zero-order valence-electron chi connectivity index (χ0n) is 13.2. The number of esters is 1. The molecule has 0 spiro atoms. The van der Waals surface area contributed by atoms with Crippen molar-refractivity contribution in [2.24, 2.45) is 0 Å². The average Bonchev–Trinajstić information content (AvgIpc) is 2.35. The highest BCUT2D eigenvalue weighted by atomic mass is 16.6. The summed E-state index contributed by atoms with van der Waals surface area (Å²) in [6.07, 6.45) is -0.660. The smallest absolute Gasteiger partial charge is 0.412 e. The lowest BCUT2D eigenvalue weighted by atomic mass is 10.2. The van der Waals surface area contributed by atoms with Crippen LogP contribution in [0.5, 0.6) is 0 Å². The molecule has 0 aliphatic carbocycles. The van der Waals surface area contributed by atoms with Gasteiger partial charge in [-0.25, -0.2) is 14.6 Å². The zero-order valence-corrected chi connectivity index (χ0v) is 13.2. The van der Waals surface area contributed by atoms with Gasteiger partial charge in [0.1, 0.15) is 11.4 Å². The summed E-state index contributed by atoms with van der Waals surface area (Å²) in [7, 11) is 4.85. The Kier molecular flexibility index (Phi) is 5.12. The third kappa shape index (κ3) is 4.94. The van der Waals surface area contributed by atoms with Gasteiger partial charge in [0, 0.05) is 14.1 Å². The predicted molar refractivity (Wildman–Crippen MR) is 79.8 cm³/mol. The van der Waals surface area contributed by atoms with Crippen LogP contribution in [0.2, 0.25) is 0 Å². The van der Waals surface area contributed by atoms with E-state index >= 15 is 0 Å². The van der Waals surface area contributed by atoms with E-state index in [4.69, 9.17) is 4.74 Å². The molecule has 1 rings (SSSR count). The molecule has 0 saturated heterocycles. The summed E-state index contributed by atoms with van der Waals surface area (Å²) in [6, 6.07) is 3.26. The molecule has 0 bridgehead atoms. The van der Waals surface area contributed by atoms with Crippen molar-refractivity contribution in [3.63, 3.8) is 0 Å². The minimum atomic E-state index is -0.660. The van der Waals surface area contributed by atoms with Crippen molar-refractivity contribution in [1.29, 1.82) is 0 Å². The third-order valence-corrected chi connectivity index (χ3v) is 2.35. The molecular weight excluding hydrogens is 274 g/mol. The fourth-order valence-corrected chi connectivity index (χ4v) is 1.46. The number of nitrogens with one attached hydrogen (secondary N) is 1. The van der Waals surface area contributed by atoms with Crippen LogP contribution in [0.25, 0.3) is 0 Å². The van der Waals surface area contributed by atoms with Crippen molar-refractivity contribution >= 4 is 23.6 Å². The van der Waals surface area contributed by atoms with Crippen LogP contribution in [0.3, 0.4) is 0 Å². The Morgan fingerprint density at radius 1 is 1.24 bits per heavy atom.